The van der Waals surface area contributed by atoms with E-state index < -0.39 is 0 Å². The SMILES string of the molecule is CC(C)(C)NCCC(C)(C)c1ccc(Cl)c(Cl)c1. The second-order valence-electron chi connectivity index (χ2n) is 6.44. The number of hydrogen-bond donors (Lipinski definition) is 1. The van der Waals surface area contributed by atoms with Gasteiger partial charge in [-0.15, -0.1) is 0 Å². The molecule has 0 saturated carbocycles. The van der Waals surface area contributed by atoms with Crippen molar-refractivity contribution in [2.24, 2.45) is 0 Å². The fourth-order valence-electron chi connectivity index (χ4n) is 1.81. The molecule has 0 saturated heterocycles. The van der Waals surface area contributed by atoms with Crippen LogP contribution in [0, 0.1) is 0 Å². The topological polar surface area (TPSA) is 12.0 Å². The molecule has 0 amide bonds. The summed E-state index contributed by atoms with van der Waals surface area (Å²) >= 11 is 12.0. The number of halogens is 2. The molecular formula is C15H23Cl2N. The van der Waals surface area contributed by atoms with E-state index >= 15 is 0 Å². The number of rotatable bonds is 4. The van der Waals surface area contributed by atoms with Gasteiger partial charge in [0.2, 0.25) is 0 Å². The molecule has 0 bridgehead atoms. The average molecular weight is 288 g/mol. The van der Waals surface area contributed by atoms with Crippen LogP contribution in [0.25, 0.3) is 0 Å². The molecule has 0 aliphatic heterocycles. The van der Waals surface area contributed by atoms with Crippen LogP contribution in [0.1, 0.15) is 46.6 Å². The van der Waals surface area contributed by atoms with Gasteiger partial charge in [0, 0.05) is 5.54 Å². The van der Waals surface area contributed by atoms with Crippen molar-refractivity contribution in [1.82, 2.24) is 5.32 Å². The van der Waals surface area contributed by atoms with Crippen LogP contribution >= 0.6 is 23.2 Å². The fourth-order valence-corrected chi connectivity index (χ4v) is 2.11. The third-order valence-corrected chi connectivity index (χ3v) is 3.85. The van der Waals surface area contributed by atoms with E-state index in [2.05, 4.69) is 46.0 Å². The van der Waals surface area contributed by atoms with E-state index in [1.54, 1.807) is 0 Å². The van der Waals surface area contributed by atoms with Gasteiger partial charge in [0.15, 0.2) is 0 Å². The van der Waals surface area contributed by atoms with Gasteiger partial charge in [-0.05, 0) is 56.8 Å². The third kappa shape index (κ3) is 4.79. The summed E-state index contributed by atoms with van der Waals surface area (Å²) < 4.78 is 0. The molecule has 1 nitrogen and oxygen atoms in total. The number of benzene rings is 1. The smallest absolute Gasteiger partial charge is 0.0595 e. The van der Waals surface area contributed by atoms with Crippen molar-refractivity contribution in [2.45, 2.75) is 52.0 Å². The molecule has 0 aliphatic rings. The largest absolute Gasteiger partial charge is 0.312 e. The summed E-state index contributed by atoms with van der Waals surface area (Å²) in [6, 6.07) is 5.91. The molecule has 1 aromatic rings. The highest BCUT2D eigenvalue weighted by atomic mass is 35.5. The van der Waals surface area contributed by atoms with Crippen LogP contribution in [0.4, 0.5) is 0 Å². The Bertz CT molecular complexity index is 405. The van der Waals surface area contributed by atoms with Gasteiger partial charge in [0.05, 0.1) is 10.0 Å². The van der Waals surface area contributed by atoms with Crippen LogP contribution in [0.2, 0.25) is 10.0 Å². The van der Waals surface area contributed by atoms with Crippen molar-refractivity contribution < 1.29 is 0 Å². The molecule has 0 heterocycles. The summed E-state index contributed by atoms with van der Waals surface area (Å²) in [6.07, 6.45) is 1.06. The highest BCUT2D eigenvalue weighted by Crippen LogP contribution is 2.31. The second kappa shape index (κ2) is 5.81. The molecule has 18 heavy (non-hydrogen) atoms. The average Bonchev–Trinajstić information content (AvgIpc) is 2.19. The van der Waals surface area contributed by atoms with E-state index in [9.17, 15) is 0 Å². The second-order valence-corrected chi connectivity index (χ2v) is 7.25. The lowest BCUT2D eigenvalue weighted by atomic mass is 9.81. The maximum Gasteiger partial charge on any atom is 0.0595 e. The Morgan fingerprint density at radius 1 is 1.00 bits per heavy atom. The van der Waals surface area contributed by atoms with E-state index in [1.165, 1.54) is 5.56 Å². The molecule has 0 unspecified atom stereocenters. The highest BCUT2D eigenvalue weighted by Gasteiger charge is 2.22. The van der Waals surface area contributed by atoms with Gasteiger partial charge in [-0.3, -0.25) is 0 Å². The van der Waals surface area contributed by atoms with Crippen LogP contribution in [0.3, 0.4) is 0 Å². The molecule has 102 valence electrons. The maximum absolute atomic E-state index is 6.08. The molecular weight excluding hydrogens is 265 g/mol. The Morgan fingerprint density at radius 2 is 1.61 bits per heavy atom. The zero-order chi connectivity index (χ0) is 14.0. The van der Waals surface area contributed by atoms with Gasteiger partial charge in [-0.1, -0.05) is 43.1 Å². The minimum atomic E-state index is 0.0898. The zero-order valence-corrected chi connectivity index (χ0v) is 13.4. The Balaban J connectivity index is 2.70. The highest BCUT2D eigenvalue weighted by molar-refractivity contribution is 6.42. The first-order valence-corrected chi connectivity index (χ1v) is 7.08. The van der Waals surface area contributed by atoms with Crippen molar-refractivity contribution in [1.29, 1.82) is 0 Å². The zero-order valence-electron chi connectivity index (χ0n) is 11.9. The van der Waals surface area contributed by atoms with Crippen molar-refractivity contribution >= 4 is 23.2 Å². The van der Waals surface area contributed by atoms with E-state index in [1.807, 2.05) is 12.1 Å². The maximum atomic E-state index is 6.08. The molecule has 0 atom stereocenters. The summed E-state index contributed by atoms with van der Waals surface area (Å²) in [5.74, 6) is 0. The summed E-state index contributed by atoms with van der Waals surface area (Å²) in [5, 5.41) is 4.76. The minimum absolute atomic E-state index is 0.0898. The monoisotopic (exact) mass is 287 g/mol. The Kier molecular flexibility index (Phi) is 5.11. The summed E-state index contributed by atoms with van der Waals surface area (Å²) in [4.78, 5) is 0. The molecule has 3 heteroatoms. The van der Waals surface area contributed by atoms with Crippen LogP contribution in [0.5, 0.6) is 0 Å². The van der Waals surface area contributed by atoms with Crippen molar-refractivity contribution in [3.63, 3.8) is 0 Å². The van der Waals surface area contributed by atoms with Gasteiger partial charge in [0.1, 0.15) is 0 Å². The predicted octanol–water partition coefficient (Wildman–Crippen LogP) is 5.05. The fraction of sp³-hybridized carbons (Fsp3) is 0.600. The first-order valence-electron chi connectivity index (χ1n) is 6.32. The molecule has 0 fully saturated rings. The van der Waals surface area contributed by atoms with Gasteiger partial charge < -0.3 is 5.32 Å². The quantitative estimate of drug-likeness (QED) is 0.817. The normalized spacial score (nSPS) is 12.8. The van der Waals surface area contributed by atoms with Crippen molar-refractivity contribution in [3.05, 3.63) is 33.8 Å². The summed E-state index contributed by atoms with van der Waals surface area (Å²) in [7, 11) is 0. The van der Waals surface area contributed by atoms with Gasteiger partial charge in [-0.25, -0.2) is 0 Å². The molecule has 1 N–H and O–H groups in total. The minimum Gasteiger partial charge on any atom is -0.312 e. The first kappa shape index (κ1) is 15.8. The number of nitrogens with one attached hydrogen (secondary N) is 1. The van der Waals surface area contributed by atoms with Gasteiger partial charge >= 0.3 is 0 Å². The van der Waals surface area contributed by atoms with Crippen LogP contribution in [-0.4, -0.2) is 12.1 Å². The molecule has 0 aromatic heterocycles. The van der Waals surface area contributed by atoms with Crippen molar-refractivity contribution in [2.75, 3.05) is 6.54 Å². The van der Waals surface area contributed by atoms with Crippen LogP contribution < -0.4 is 5.32 Å². The molecule has 1 aromatic carbocycles. The van der Waals surface area contributed by atoms with E-state index in [4.69, 9.17) is 23.2 Å². The van der Waals surface area contributed by atoms with Gasteiger partial charge in [-0.2, -0.15) is 0 Å². The Morgan fingerprint density at radius 3 is 2.11 bits per heavy atom. The Hall–Kier alpha value is -0.240. The standard InChI is InChI=1S/C15H23Cl2N/c1-14(2,3)18-9-8-15(4,5)11-6-7-12(16)13(17)10-11/h6-7,10,18H,8-9H2,1-5H3. The summed E-state index contributed by atoms with van der Waals surface area (Å²) in [5.41, 5.74) is 1.48. The van der Waals surface area contributed by atoms with E-state index in [0.717, 1.165) is 13.0 Å². The van der Waals surface area contributed by atoms with E-state index in [-0.39, 0.29) is 11.0 Å². The Labute approximate surface area is 121 Å². The van der Waals surface area contributed by atoms with Crippen LogP contribution in [0.15, 0.2) is 18.2 Å². The molecule has 0 radical (unpaired) electrons. The lowest BCUT2D eigenvalue weighted by molar-refractivity contribution is 0.379. The molecule has 0 aliphatic carbocycles. The van der Waals surface area contributed by atoms with Gasteiger partial charge in [0.25, 0.3) is 0 Å². The molecule has 1 rings (SSSR count). The predicted molar refractivity (Wildman–Crippen MR) is 81.9 cm³/mol. The third-order valence-electron chi connectivity index (χ3n) is 3.11. The van der Waals surface area contributed by atoms with Crippen LogP contribution in [-0.2, 0) is 5.41 Å². The first-order chi connectivity index (χ1) is 8.12. The van der Waals surface area contributed by atoms with E-state index in [0.29, 0.717) is 10.0 Å². The lowest BCUT2D eigenvalue weighted by Gasteiger charge is -2.28. The summed E-state index contributed by atoms with van der Waals surface area (Å²) in [6.45, 7) is 12.0. The number of hydrogen-bond acceptors (Lipinski definition) is 1. The molecule has 0 spiro atoms. The van der Waals surface area contributed by atoms with Crippen molar-refractivity contribution in [3.8, 4) is 0 Å². The lowest BCUT2D eigenvalue weighted by Crippen LogP contribution is -2.38.